The molecule has 70 valence electrons. The van der Waals surface area contributed by atoms with E-state index in [0.717, 1.165) is 0 Å². The van der Waals surface area contributed by atoms with Gasteiger partial charge in [0.2, 0.25) is 0 Å². The summed E-state index contributed by atoms with van der Waals surface area (Å²) in [5, 5.41) is 8.54. The molecule has 0 rings (SSSR count). The lowest BCUT2D eigenvalue weighted by Crippen LogP contribution is -2.26. The van der Waals surface area contributed by atoms with Crippen molar-refractivity contribution < 1.29 is 19.4 Å². The molecule has 0 bridgehead atoms. The summed E-state index contributed by atoms with van der Waals surface area (Å²) in [4.78, 5) is 20.7. The summed E-state index contributed by atoms with van der Waals surface area (Å²) in [6.45, 7) is 3.66. The highest BCUT2D eigenvalue weighted by molar-refractivity contribution is 6.61. The first-order chi connectivity index (χ1) is 5.43. The topological polar surface area (TPSA) is 63.6 Å². The molecule has 0 aliphatic rings. The van der Waals surface area contributed by atoms with Gasteiger partial charge in [0.15, 0.2) is 6.10 Å². The smallest absolute Gasteiger partial charge is 0.404 e. The number of carbonyl (C=O) groups is 2. The van der Waals surface area contributed by atoms with Gasteiger partial charge >= 0.3 is 11.4 Å². The molecule has 0 aromatic heterocycles. The zero-order valence-corrected chi connectivity index (χ0v) is 7.67. The normalized spacial score (nSPS) is 12.7. The molecule has 12 heavy (non-hydrogen) atoms. The molecule has 0 aliphatic heterocycles. The average molecular weight is 195 g/mol. The summed E-state index contributed by atoms with van der Waals surface area (Å²) in [5.41, 5.74) is -1.08. The van der Waals surface area contributed by atoms with Gasteiger partial charge in [-0.15, -0.1) is 0 Å². The number of carboxylic acids is 1. The van der Waals surface area contributed by atoms with Gasteiger partial charge < -0.3 is 9.84 Å². The Morgan fingerprint density at radius 2 is 2.00 bits per heavy atom. The van der Waals surface area contributed by atoms with E-state index in [9.17, 15) is 9.59 Å². The highest BCUT2D eigenvalue weighted by Crippen LogP contribution is 2.09. The highest BCUT2D eigenvalue weighted by atomic mass is 35.5. The number of hydrogen-bond acceptors (Lipinski definition) is 3. The van der Waals surface area contributed by atoms with Crippen LogP contribution in [0.4, 0.5) is 4.79 Å². The van der Waals surface area contributed by atoms with Crippen LogP contribution in [0.3, 0.4) is 0 Å². The molecule has 1 atom stereocenters. The van der Waals surface area contributed by atoms with Gasteiger partial charge in [-0.25, -0.2) is 9.59 Å². The summed E-state index contributed by atoms with van der Waals surface area (Å²) in [6.07, 6.45) is -0.858. The van der Waals surface area contributed by atoms with Crippen LogP contribution in [0.2, 0.25) is 0 Å². The highest BCUT2D eigenvalue weighted by Gasteiger charge is 2.22. The SMILES string of the molecule is CC(C)C[C@H](OC(=O)Cl)C(=O)O. The second-order valence-electron chi connectivity index (χ2n) is 2.81. The van der Waals surface area contributed by atoms with Gasteiger partial charge in [-0.1, -0.05) is 13.8 Å². The van der Waals surface area contributed by atoms with E-state index in [0.29, 0.717) is 0 Å². The quantitative estimate of drug-likeness (QED) is 0.694. The predicted molar refractivity (Wildman–Crippen MR) is 43.2 cm³/mol. The van der Waals surface area contributed by atoms with Gasteiger partial charge in [0, 0.05) is 11.6 Å². The molecule has 0 spiro atoms. The van der Waals surface area contributed by atoms with Crippen LogP contribution < -0.4 is 0 Å². The number of rotatable bonds is 4. The molecule has 0 aliphatic carbocycles. The van der Waals surface area contributed by atoms with Crippen LogP contribution in [0.15, 0.2) is 0 Å². The number of carbonyl (C=O) groups excluding carboxylic acids is 1. The first-order valence-corrected chi connectivity index (χ1v) is 3.90. The Bertz CT molecular complexity index is 178. The van der Waals surface area contributed by atoms with Crippen molar-refractivity contribution in [3.8, 4) is 0 Å². The van der Waals surface area contributed by atoms with E-state index < -0.39 is 17.5 Å². The molecule has 1 N–H and O–H groups in total. The molecule has 0 heterocycles. The van der Waals surface area contributed by atoms with Gasteiger partial charge in [0.05, 0.1) is 0 Å². The van der Waals surface area contributed by atoms with Crippen LogP contribution in [0.5, 0.6) is 0 Å². The average Bonchev–Trinajstić information content (AvgIpc) is 1.83. The number of carboxylic acid groups (broad SMARTS) is 1. The van der Waals surface area contributed by atoms with E-state index in [2.05, 4.69) is 4.74 Å². The van der Waals surface area contributed by atoms with Gasteiger partial charge in [-0.3, -0.25) is 0 Å². The van der Waals surface area contributed by atoms with Gasteiger partial charge in [-0.05, 0) is 12.3 Å². The molecule has 0 radical (unpaired) electrons. The summed E-state index contributed by atoms with van der Waals surface area (Å²) in [7, 11) is 0. The minimum absolute atomic E-state index is 0.141. The van der Waals surface area contributed by atoms with Crippen molar-refractivity contribution in [2.75, 3.05) is 0 Å². The first-order valence-electron chi connectivity index (χ1n) is 3.52. The van der Waals surface area contributed by atoms with Gasteiger partial charge in [0.1, 0.15) is 0 Å². The van der Waals surface area contributed by atoms with Crippen molar-refractivity contribution in [3.05, 3.63) is 0 Å². The number of aliphatic carboxylic acids is 1. The van der Waals surface area contributed by atoms with E-state index in [-0.39, 0.29) is 12.3 Å². The van der Waals surface area contributed by atoms with Crippen LogP contribution in [-0.2, 0) is 9.53 Å². The van der Waals surface area contributed by atoms with Gasteiger partial charge in [0.25, 0.3) is 0 Å². The molecule has 0 amide bonds. The van der Waals surface area contributed by atoms with Crippen LogP contribution in [0.1, 0.15) is 20.3 Å². The van der Waals surface area contributed by atoms with E-state index in [4.69, 9.17) is 16.7 Å². The van der Waals surface area contributed by atoms with Crippen molar-refractivity contribution in [1.82, 2.24) is 0 Å². The zero-order valence-electron chi connectivity index (χ0n) is 6.91. The maximum Gasteiger partial charge on any atom is 0.404 e. The minimum atomic E-state index is -1.17. The molecule has 0 fully saturated rings. The molecule has 4 nitrogen and oxygen atoms in total. The lowest BCUT2D eigenvalue weighted by atomic mass is 10.1. The lowest BCUT2D eigenvalue weighted by Gasteiger charge is -2.12. The molecular weight excluding hydrogens is 184 g/mol. The monoisotopic (exact) mass is 194 g/mol. The lowest BCUT2D eigenvalue weighted by molar-refractivity contribution is -0.147. The molecule has 0 saturated heterocycles. The maximum absolute atomic E-state index is 10.4. The van der Waals surface area contributed by atoms with E-state index in [1.165, 1.54) is 0 Å². The molecule has 0 unspecified atom stereocenters. The van der Waals surface area contributed by atoms with Crippen LogP contribution in [0, 0.1) is 5.92 Å². The second kappa shape index (κ2) is 4.98. The third-order valence-corrected chi connectivity index (χ3v) is 1.28. The molecule has 0 aromatic rings. The van der Waals surface area contributed by atoms with Crippen LogP contribution in [-0.4, -0.2) is 22.6 Å². The number of halogens is 1. The first kappa shape index (κ1) is 11.2. The zero-order chi connectivity index (χ0) is 9.72. The third-order valence-electron chi connectivity index (χ3n) is 1.20. The number of ether oxygens (including phenoxy) is 1. The largest absolute Gasteiger partial charge is 0.479 e. The summed E-state index contributed by atoms with van der Waals surface area (Å²) in [5.74, 6) is -1.03. The minimum Gasteiger partial charge on any atom is -0.479 e. The molecule has 0 saturated carbocycles. The third kappa shape index (κ3) is 4.96. The van der Waals surface area contributed by atoms with E-state index in [1.807, 2.05) is 13.8 Å². The summed E-state index contributed by atoms with van der Waals surface area (Å²) < 4.78 is 4.35. The van der Waals surface area contributed by atoms with Crippen molar-refractivity contribution in [2.24, 2.45) is 5.92 Å². The van der Waals surface area contributed by atoms with Gasteiger partial charge in [-0.2, -0.15) is 0 Å². The van der Waals surface area contributed by atoms with E-state index >= 15 is 0 Å². The Balaban J connectivity index is 4.04. The molecule has 5 heteroatoms. The van der Waals surface area contributed by atoms with Crippen molar-refractivity contribution in [3.63, 3.8) is 0 Å². The Morgan fingerprint density at radius 1 is 1.50 bits per heavy atom. The fraction of sp³-hybridized carbons (Fsp3) is 0.714. The Labute approximate surface area is 75.5 Å². The molecular formula is C7H11ClO4. The van der Waals surface area contributed by atoms with Crippen LogP contribution >= 0.6 is 11.6 Å². The fourth-order valence-electron chi connectivity index (χ4n) is 0.739. The van der Waals surface area contributed by atoms with E-state index in [1.54, 1.807) is 0 Å². The Kier molecular flexibility index (Phi) is 4.66. The second-order valence-corrected chi connectivity index (χ2v) is 3.12. The summed E-state index contributed by atoms with van der Waals surface area (Å²) >= 11 is 4.88. The van der Waals surface area contributed by atoms with Crippen molar-refractivity contribution in [2.45, 2.75) is 26.4 Å². The standard InChI is InChI=1S/C7H11ClO4/c1-4(2)3-5(6(9)10)12-7(8)11/h4-5H,3H2,1-2H3,(H,9,10)/t5-/m0/s1. The van der Waals surface area contributed by atoms with Crippen molar-refractivity contribution >= 4 is 23.0 Å². The Hall–Kier alpha value is -0.770. The maximum atomic E-state index is 10.4. The van der Waals surface area contributed by atoms with Crippen molar-refractivity contribution in [1.29, 1.82) is 0 Å². The fourth-order valence-corrected chi connectivity index (χ4v) is 0.847. The Morgan fingerprint density at radius 3 is 2.25 bits per heavy atom. The number of hydrogen-bond donors (Lipinski definition) is 1. The predicted octanol–water partition coefficient (Wildman–Crippen LogP) is 1.86. The summed E-state index contributed by atoms with van der Waals surface area (Å²) in [6, 6.07) is 0. The molecule has 0 aromatic carbocycles. The van der Waals surface area contributed by atoms with Crippen LogP contribution in [0.25, 0.3) is 0 Å².